The molecule has 0 spiro atoms. The minimum Gasteiger partial charge on any atom is -0.447 e. The quantitative estimate of drug-likeness (QED) is 0.714. The first kappa shape index (κ1) is 9.77. The van der Waals surface area contributed by atoms with E-state index in [9.17, 15) is 4.79 Å². The van der Waals surface area contributed by atoms with Crippen molar-refractivity contribution in [2.45, 2.75) is 32.4 Å². The molecule has 0 aliphatic carbocycles. The highest BCUT2D eigenvalue weighted by Gasteiger charge is 2.35. The van der Waals surface area contributed by atoms with Gasteiger partial charge in [0.2, 0.25) is 0 Å². The number of cyclic esters (lactones) is 1. The zero-order chi connectivity index (χ0) is 10.1. The molecule has 1 N–H and O–H groups in total. The van der Waals surface area contributed by atoms with E-state index in [4.69, 9.17) is 4.74 Å². The second-order valence-electron chi connectivity index (χ2n) is 4.49. The van der Waals surface area contributed by atoms with Crippen LogP contribution >= 0.6 is 0 Å². The highest BCUT2D eigenvalue weighted by molar-refractivity contribution is 5.69. The van der Waals surface area contributed by atoms with Crippen LogP contribution in [0.4, 0.5) is 4.79 Å². The third-order valence-corrected chi connectivity index (χ3v) is 3.25. The van der Waals surface area contributed by atoms with Gasteiger partial charge in [0, 0.05) is 12.6 Å². The lowest BCUT2D eigenvalue weighted by Crippen LogP contribution is -2.37. The van der Waals surface area contributed by atoms with Crippen LogP contribution in [0.25, 0.3) is 0 Å². The second-order valence-corrected chi connectivity index (χ2v) is 4.49. The van der Waals surface area contributed by atoms with E-state index in [1.54, 1.807) is 0 Å². The van der Waals surface area contributed by atoms with Crippen LogP contribution in [0.2, 0.25) is 0 Å². The molecule has 2 heterocycles. The first-order chi connectivity index (χ1) is 6.66. The fourth-order valence-electron chi connectivity index (χ4n) is 2.27. The molecule has 0 saturated carbocycles. The maximum Gasteiger partial charge on any atom is 0.407 e. The first-order valence-electron chi connectivity index (χ1n) is 5.34. The summed E-state index contributed by atoms with van der Waals surface area (Å²) >= 11 is 0. The molecule has 0 aromatic carbocycles. The third-order valence-electron chi connectivity index (χ3n) is 3.25. The molecule has 2 atom stereocenters. The molecule has 0 aromatic rings. The molecule has 80 valence electrons. The second kappa shape index (κ2) is 3.77. The van der Waals surface area contributed by atoms with Gasteiger partial charge < -0.3 is 15.0 Å². The van der Waals surface area contributed by atoms with Crippen LogP contribution in [-0.4, -0.2) is 42.8 Å². The lowest BCUT2D eigenvalue weighted by molar-refractivity contribution is 0.174. The van der Waals surface area contributed by atoms with Gasteiger partial charge in [0.1, 0.15) is 6.61 Å². The fourth-order valence-corrected chi connectivity index (χ4v) is 2.27. The Labute approximate surface area is 84.6 Å². The van der Waals surface area contributed by atoms with Crippen LogP contribution in [0, 0.1) is 5.92 Å². The van der Waals surface area contributed by atoms with Crippen LogP contribution in [0.3, 0.4) is 0 Å². The molecule has 0 bridgehead atoms. The summed E-state index contributed by atoms with van der Waals surface area (Å²) in [5.41, 5.74) is 0. The Bertz CT molecular complexity index is 230. The van der Waals surface area contributed by atoms with Crippen molar-refractivity contribution in [2.24, 2.45) is 5.92 Å². The number of amides is 1. The molecule has 2 unspecified atom stereocenters. The van der Waals surface area contributed by atoms with Gasteiger partial charge in [0.25, 0.3) is 0 Å². The van der Waals surface area contributed by atoms with E-state index in [1.807, 2.05) is 0 Å². The number of carbonyl (C=O) groups excluding carboxylic acids is 1. The Morgan fingerprint density at radius 2 is 2.36 bits per heavy atom. The normalized spacial score (nSPS) is 33.5. The average molecular weight is 198 g/mol. The van der Waals surface area contributed by atoms with E-state index in [2.05, 4.69) is 24.1 Å². The van der Waals surface area contributed by atoms with E-state index < -0.39 is 0 Å². The van der Waals surface area contributed by atoms with Gasteiger partial charge in [0.05, 0.1) is 6.04 Å². The molecule has 2 rings (SSSR count). The van der Waals surface area contributed by atoms with Crippen LogP contribution in [0.5, 0.6) is 0 Å². The molecule has 0 radical (unpaired) electrons. The Morgan fingerprint density at radius 3 is 2.86 bits per heavy atom. The predicted octanol–water partition coefficient (Wildman–Crippen LogP) is 0.825. The molecule has 2 fully saturated rings. The molecule has 2 aliphatic heterocycles. The molecular weight excluding hydrogens is 180 g/mol. The van der Waals surface area contributed by atoms with E-state index in [-0.39, 0.29) is 12.1 Å². The van der Waals surface area contributed by atoms with Gasteiger partial charge in [-0.1, -0.05) is 0 Å². The van der Waals surface area contributed by atoms with Gasteiger partial charge in [-0.25, -0.2) is 4.79 Å². The van der Waals surface area contributed by atoms with E-state index in [0.717, 1.165) is 13.1 Å². The Hall–Kier alpha value is -0.770. The maximum atomic E-state index is 10.9. The Morgan fingerprint density at radius 1 is 1.57 bits per heavy atom. The van der Waals surface area contributed by atoms with Crippen molar-refractivity contribution in [1.29, 1.82) is 0 Å². The zero-order valence-electron chi connectivity index (χ0n) is 8.82. The van der Waals surface area contributed by atoms with E-state index in [0.29, 0.717) is 18.6 Å². The molecule has 14 heavy (non-hydrogen) atoms. The zero-order valence-corrected chi connectivity index (χ0v) is 8.82. The average Bonchev–Trinajstić information content (AvgIpc) is 2.70. The SMILES string of the molecule is CC(C)N1CCC(C2COC(=O)N2)C1. The van der Waals surface area contributed by atoms with Crippen molar-refractivity contribution in [1.82, 2.24) is 10.2 Å². The van der Waals surface area contributed by atoms with Gasteiger partial charge in [0.15, 0.2) is 0 Å². The number of hydrogen-bond acceptors (Lipinski definition) is 3. The molecule has 0 aromatic heterocycles. The van der Waals surface area contributed by atoms with Crippen molar-refractivity contribution < 1.29 is 9.53 Å². The summed E-state index contributed by atoms with van der Waals surface area (Å²) in [4.78, 5) is 13.3. The monoisotopic (exact) mass is 198 g/mol. The molecular formula is C10H18N2O2. The van der Waals surface area contributed by atoms with Crippen LogP contribution in [-0.2, 0) is 4.74 Å². The summed E-state index contributed by atoms with van der Waals surface area (Å²) in [6.07, 6.45) is 0.921. The lowest BCUT2D eigenvalue weighted by atomic mass is 10.0. The first-order valence-corrected chi connectivity index (χ1v) is 5.34. The van der Waals surface area contributed by atoms with E-state index >= 15 is 0 Å². The highest BCUT2D eigenvalue weighted by atomic mass is 16.6. The van der Waals surface area contributed by atoms with Crippen LogP contribution in [0.1, 0.15) is 20.3 Å². The largest absolute Gasteiger partial charge is 0.447 e. The Balaban J connectivity index is 1.86. The van der Waals surface area contributed by atoms with Gasteiger partial charge in [-0.3, -0.25) is 0 Å². The van der Waals surface area contributed by atoms with Crippen molar-refractivity contribution in [3.05, 3.63) is 0 Å². The molecule has 2 aliphatic rings. The van der Waals surface area contributed by atoms with Crippen molar-refractivity contribution in [3.8, 4) is 0 Å². The molecule has 4 heteroatoms. The van der Waals surface area contributed by atoms with Gasteiger partial charge in [-0.05, 0) is 32.7 Å². The number of carbonyl (C=O) groups is 1. The highest BCUT2D eigenvalue weighted by Crippen LogP contribution is 2.23. The van der Waals surface area contributed by atoms with E-state index in [1.165, 1.54) is 6.42 Å². The smallest absolute Gasteiger partial charge is 0.407 e. The topological polar surface area (TPSA) is 41.6 Å². The number of rotatable bonds is 2. The molecule has 2 saturated heterocycles. The molecule has 1 amide bonds. The summed E-state index contributed by atoms with van der Waals surface area (Å²) in [6.45, 7) is 7.22. The fraction of sp³-hybridized carbons (Fsp3) is 0.900. The summed E-state index contributed by atoms with van der Waals surface area (Å²) < 4.78 is 4.91. The summed E-state index contributed by atoms with van der Waals surface area (Å²) in [5, 5.41) is 2.87. The number of ether oxygens (including phenoxy) is 1. The summed E-state index contributed by atoms with van der Waals surface area (Å²) in [7, 11) is 0. The van der Waals surface area contributed by atoms with Crippen molar-refractivity contribution in [3.63, 3.8) is 0 Å². The van der Waals surface area contributed by atoms with Crippen molar-refractivity contribution in [2.75, 3.05) is 19.7 Å². The lowest BCUT2D eigenvalue weighted by Gasteiger charge is -2.21. The van der Waals surface area contributed by atoms with Crippen molar-refractivity contribution >= 4 is 6.09 Å². The van der Waals surface area contributed by atoms with Gasteiger partial charge in [-0.2, -0.15) is 0 Å². The Kier molecular flexibility index (Phi) is 2.63. The number of hydrogen-bond donors (Lipinski definition) is 1. The minimum atomic E-state index is -0.252. The maximum absolute atomic E-state index is 10.9. The van der Waals surface area contributed by atoms with Crippen LogP contribution in [0.15, 0.2) is 0 Å². The van der Waals surface area contributed by atoms with Gasteiger partial charge >= 0.3 is 6.09 Å². The predicted molar refractivity (Wildman–Crippen MR) is 53.1 cm³/mol. The standard InChI is InChI=1S/C10H18N2O2/c1-7(2)12-4-3-8(5-12)9-6-14-10(13)11-9/h7-9H,3-6H2,1-2H3,(H,11,13). The number of nitrogens with zero attached hydrogens (tertiary/aromatic N) is 1. The third kappa shape index (κ3) is 1.85. The minimum absolute atomic E-state index is 0.242. The number of nitrogens with one attached hydrogen (secondary N) is 1. The summed E-state index contributed by atoms with van der Waals surface area (Å²) in [6, 6.07) is 0.851. The van der Waals surface area contributed by atoms with Crippen LogP contribution < -0.4 is 5.32 Å². The summed E-state index contributed by atoms with van der Waals surface area (Å²) in [5.74, 6) is 0.573. The number of alkyl carbamates (subject to hydrolysis) is 1. The number of likely N-dealkylation sites (tertiary alicyclic amines) is 1. The molecule has 4 nitrogen and oxygen atoms in total. The van der Waals surface area contributed by atoms with Gasteiger partial charge in [-0.15, -0.1) is 0 Å².